The first-order chi connectivity index (χ1) is 9.66. The van der Waals surface area contributed by atoms with E-state index in [9.17, 15) is 4.79 Å². The quantitative estimate of drug-likeness (QED) is 0.919. The van der Waals surface area contributed by atoms with Crippen LogP contribution < -0.4 is 5.32 Å². The molecule has 1 aromatic heterocycles. The number of hydrogen-bond acceptors (Lipinski definition) is 5. The third-order valence-electron chi connectivity index (χ3n) is 3.19. The minimum absolute atomic E-state index is 0.195. The van der Waals surface area contributed by atoms with Gasteiger partial charge in [-0.15, -0.1) is 11.8 Å². The average molecular weight is 287 g/mol. The molecule has 0 fully saturated rings. The molecule has 20 heavy (non-hydrogen) atoms. The number of thioether (sulfide) groups is 1. The fourth-order valence-electron chi connectivity index (χ4n) is 2.11. The van der Waals surface area contributed by atoms with Crippen molar-refractivity contribution in [2.24, 2.45) is 0 Å². The van der Waals surface area contributed by atoms with Gasteiger partial charge < -0.3 is 5.32 Å². The number of anilines is 1. The third kappa shape index (κ3) is 2.22. The number of rotatable bonds is 2. The fraction of sp³-hybridized carbons (Fsp3) is 0.214. The van der Waals surface area contributed by atoms with Crippen molar-refractivity contribution in [3.63, 3.8) is 0 Å². The van der Waals surface area contributed by atoms with Crippen molar-refractivity contribution in [1.82, 2.24) is 10.3 Å². The number of aromatic nitrogens is 2. The molecule has 0 saturated heterocycles. The maximum Gasteiger partial charge on any atom is 0.257 e. The lowest BCUT2D eigenvalue weighted by atomic mass is 10.0. The highest BCUT2D eigenvalue weighted by molar-refractivity contribution is 7.99. The number of fused-ring (bicyclic) bond motifs is 1. The van der Waals surface area contributed by atoms with E-state index in [1.54, 1.807) is 18.7 Å². The maximum atomic E-state index is 12.3. The largest absolute Gasteiger partial charge is 0.302 e. The van der Waals surface area contributed by atoms with Crippen molar-refractivity contribution in [2.45, 2.75) is 18.7 Å². The predicted molar refractivity (Wildman–Crippen MR) is 77.9 cm³/mol. The van der Waals surface area contributed by atoms with Crippen LogP contribution in [0.1, 0.15) is 27.2 Å². The van der Waals surface area contributed by atoms with Crippen LogP contribution in [0.2, 0.25) is 0 Å². The van der Waals surface area contributed by atoms with Crippen LogP contribution >= 0.6 is 11.8 Å². The number of carbonyl (C=O) groups excluding carboxylic acids is 1. The van der Waals surface area contributed by atoms with Gasteiger partial charge in [-0.05, 0) is 36.2 Å². The van der Waals surface area contributed by atoms with Gasteiger partial charge in [-0.2, -0.15) is 0 Å². The lowest BCUT2D eigenvalue weighted by molar-refractivity contribution is 0.102. The molecular weight excluding hydrogens is 274 g/mol. The highest BCUT2D eigenvalue weighted by atomic mass is 32.2. The Kier molecular flexibility index (Phi) is 3.31. The Labute approximate surface area is 120 Å². The first-order valence-electron chi connectivity index (χ1n) is 6.20. The van der Waals surface area contributed by atoms with E-state index in [0.717, 1.165) is 21.8 Å². The summed E-state index contributed by atoms with van der Waals surface area (Å²) in [5, 5.41) is 10.0. The predicted octanol–water partition coefficient (Wildman–Crippen LogP) is 3.06. The molecule has 0 bridgehead atoms. The van der Waals surface area contributed by atoms with E-state index in [1.807, 2.05) is 19.1 Å². The summed E-state index contributed by atoms with van der Waals surface area (Å²) in [7, 11) is 0. The zero-order chi connectivity index (χ0) is 14.1. The molecular formula is C14H13N3O2S. The summed E-state index contributed by atoms with van der Waals surface area (Å²) >= 11 is 1.74. The van der Waals surface area contributed by atoms with Gasteiger partial charge in [0.05, 0.1) is 0 Å². The molecule has 0 spiro atoms. The van der Waals surface area contributed by atoms with E-state index in [-0.39, 0.29) is 5.91 Å². The summed E-state index contributed by atoms with van der Waals surface area (Å²) in [5.74, 6) is 1.10. The van der Waals surface area contributed by atoms with Gasteiger partial charge in [-0.1, -0.05) is 23.4 Å². The van der Waals surface area contributed by atoms with Crippen LogP contribution in [0.25, 0.3) is 6.08 Å². The Morgan fingerprint density at radius 3 is 2.95 bits per heavy atom. The van der Waals surface area contributed by atoms with Crippen molar-refractivity contribution in [1.29, 1.82) is 0 Å². The topological polar surface area (TPSA) is 68.0 Å². The van der Waals surface area contributed by atoms with E-state index in [2.05, 4.69) is 32.4 Å². The molecule has 1 N–H and O–H groups in total. The summed E-state index contributed by atoms with van der Waals surface area (Å²) in [5.41, 5.74) is 3.36. The van der Waals surface area contributed by atoms with E-state index in [4.69, 9.17) is 0 Å². The van der Waals surface area contributed by atoms with Gasteiger partial charge in [0.1, 0.15) is 5.69 Å². The minimum Gasteiger partial charge on any atom is -0.302 e. The smallest absolute Gasteiger partial charge is 0.257 e. The zero-order valence-corrected chi connectivity index (χ0v) is 12.0. The second-order valence-electron chi connectivity index (χ2n) is 4.52. The van der Waals surface area contributed by atoms with Crippen molar-refractivity contribution >= 4 is 29.6 Å². The molecule has 0 aliphatic carbocycles. The van der Waals surface area contributed by atoms with Gasteiger partial charge in [0.25, 0.3) is 5.91 Å². The molecule has 1 amide bonds. The van der Waals surface area contributed by atoms with Gasteiger partial charge in [-0.25, -0.2) is 4.63 Å². The molecule has 1 aromatic carbocycles. The highest BCUT2D eigenvalue weighted by Crippen LogP contribution is 2.33. The summed E-state index contributed by atoms with van der Waals surface area (Å²) in [6, 6.07) is 3.80. The van der Waals surface area contributed by atoms with E-state index >= 15 is 0 Å². The first kappa shape index (κ1) is 12.9. The van der Waals surface area contributed by atoms with Crippen LogP contribution in [0.4, 0.5) is 5.82 Å². The molecule has 2 aromatic rings. The second kappa shape index (κ2) is 5.13. The van der Waals surface area contributed by atoms with Crippen molar-refractivity contribution in [3.05, 3.63) is 40.6 Å². The van der Waals surface area contributed by atoms with Crippen LogP contribution in [-0.2, 0) is 0 Å². The molecule has 1 aliphatic rings. The summed E-state index contributed by atoms with van der Waals surface area (Å²) < 4.78 is 4.57. The van der Waals surface area contributed by atoms with Crippen LogP contribution in [0, 0.1) is 13.8 Å². The average Bonchev–Trinajstić information content (AvgIpc) is 2.85. The maximum absolute atomic E-state index is 12.3. The Balaban J connectivity index is 1.93. The number of nitrogens with zero attached hydrogens (tertiary/aromatic N) is 2. The molecule has 0 unspecified atom stereocenters. The molecule has 3 rings (SSSR count). The number of carbonyl (C=O) groups is 1. The molecule has 0 saturated carbocycles. The zero-order valence-electron chi connectivity index (χ0n) is 11.1. The van der Waals surface area contributed by atoms with Crippen LogP contribution in [-0.4, -0.2) is 22.0 Å². The molecule has 2 heterocycles. The summed E-state index contributed by atoms with van der Waals surface area (Å²) in [6.07, 6.45) is 4.21. The number of nitrogens with one attached hydrogen (secondary N) is 1. The first-order valence-corrected chi connectivity index (χ1v) is 7.19. The monoisotopic (exact) mass is 287 g/mol. The summed E-state index contributed by atoms with van der Waals surface area (Å²) in [6.45, 7) is 3.69. The number of benzene rings is 1. The van der Waals surface area contributed by atoms with Crippen LogP contribution in [0.3, 0.4) is 0 Å². The number of aryl methyl sites for hydroxylation is 1. The van der Waals surface area contributed by atoms with E-state index in [0.29, 0.717) is 17.1 Å². The van der Waals surface area contributed by atoms with Crippen LogP contribution in [0.5, 0.6) is 0 Å². The lowest BCUT2D eigenvalue weighted by Gasteiger charge is -2.15. The Hall–Kier alpha value is -2.08. The van der Waals surface area contributed by atoms with Crippen LogP contribution in [0.15, 0.2) is 27.7 Å². The molecule has 102 valence electrons. The Morgan fingerprint density at radius 1 is 1.35 bits per heavy atom. The van der Waals surface area contributed by atoms with Gasteiger partial charge in [0.2, 0.25) is 5.82 Å². The number of amides is 1. The van der Waals surface area contributed by atoms with Crippen molar-refractivity contribution in [2.75, 3.05) is 11.1 Å². The molecule has 5 nitrogen and oxygen atoms in total. The SMILES string of the molecule is Cc1nonc1NC(=O)c1ccc2c(c1C)SCC=C2. The Morgan fingerprint density at radius 2 is 2.20 bits per heavy atom. The van der Waals surface area contributed by atoms with Gasteiger partial charge in [-0.3, -0.25) is 4.79 Å². The van der Waals surface area contributed by atoms with Gasteiger partial charge in [0, 0.05) is 16.2 Å². The Bertz CT molecular complexity index is 706. The van der Waals surface area contributed by atoms with Crippen molar-refractivity contribution in [3.8, 4) is 0 Å². The standard InChI is InChI=1S/C14H13N3O2S/c1-8-11(6-5-10-4-3-7-20-12(8)10)14(18)15-13-9(2)16-19-17-13/h3-6H,7H2,1-2H3,(H,15,17,18). The fourth-order valence-corrected chi connectivity index (χ4v) is 3.10. The number of hydrogen-bond donors (Lipinski definition) is 1. The lowest BCUT2D eigenvalue weighted by Crippen LogP contribution is -2.15. The molecule has 1 aliphatic heterocycles. The van der Waals surface area contributed by atoms with Gasteiger partial charge in [0.15, 0.2) is 0 Å². The minimum atomic E-state index is -0.195. The normalized spacial score (nSPS) is 13.1. The van der Waals surface area contributed by atoms with E-state index in [1.165, 1.54) is 0 Å². The molecule has 0 radical (unpaired) electrons. The third-order valence-corrected chi connectivity index (χ3v) is 4.38. The molecule has 0 atom stereocenters. The second-order valence-corrected chi connectivity index (χ2v) is 5.55. The van der Waals surface area contributed by atoms with Gasteiger partial charge >= 0.3 is 0 Å². The van der Waals surface area contributed by atoms with E-state index < -0.39 is 0 Å². The molecule has 6 heteroatoms. The summed E-state index contributed by atoms with van der Waals surface area (Å²) in [4.78, 5) is 13.5. The highest BCUT2D eigenvalue weighted by Gasteiger charge is 2.18. The van der Waals surface area contributed by atoms with Crippen molar-refractivity contribution < 1.29 is 9.42 Å².